The fourth-order valence-corrected chi connectivity index (χ4v) is 11.9. The van der Waals surface area contributed by atoms with E-state index in [1.807, 2.05) is 42.3 Å². The lowest BCUT2D eigenvalue weighted by Gasteiger charge is -2.67. The second kappa shape index (κ2) is 14.6. The van der Waals surface area contributed by atoms with Gasteiger partial charge in [0.2, 0.25) is 0 Å². The first-order valence-electron chi connectivity index (χ1n) is 19.3. The van der Waals surface area contributed by atoms with Crippen LogP contribution in [0.5, 0.6) is 0 Å². The molecule has 4 aliphatic carbocycles. The van der Waals surface area contributed by atoms with Gasteiger partial charge in [0.15, 0.2) is 10.8 Å². The summed E-state index contributed by atoms with van der Waals surface area (Å²) >= 11 is 1.42. The minimum absolute atomic E-state index is 0.0718. The summed E-state index contributed by atoms with van der Waals surface area (Å²) in [5.41, 5.74) is 3.04. The maximum absolute atomic E-state index is 13.6. The maximum Gasteiger partial charge on any atom is 0.355 e. The van der Waals surface area contributed by atoms with Crippen LogP contribution in [0.15, 0.2) is 70.8 Å². The predicted molar refractivity (Wildman–Crippen MR) is 219 cm³/mol. The number of unbranched alkanes of at least 4 members (excludes halogenated alkanes) is 1. The third-order valence-electron chi connectivity index (χ3n) is 12.2. The number of carboxylic acids is 1. The first-order valence-corrected chi connectivity index (χ1v) is 20.1. The SMILES string of the molecule is CCC/C=C\N1CCN(c2ccc(/C(C=N)=C(\C)NCC34CC5(C)CC(C)(C3)CC(N=O)(C5)C4)c(C(=O)O)n2)C/C1=C(/C)C(=O)Nc1nc2ccccc2s1. The Bertz CT molecular complexity index is 2090. The Morgan fingerprint density at radius 2 is 1.76 bits per heavy atom. The number of para-hydroxylation sites is 1. The number of nitroso groups, excluding NO2 is 1. The third-order valence-corrected chi connectivity index (χ3v) is 13.1. The molecule has 2 unspecified atom stereocenters. The van der Waals surface area contributed by atoms with Gasteiger partial charge in [-0.15, -0.1) is 0 Å². The van der Waals surface area contributed by atoms with Crippen LogP contribution in [0, 0.1) is 26.6 Å². The highest BCUT2D eigenvalue weighted by Gasteiger charge is 2.66. The lowest BCUT2D eigenvalue weighted by Crippen LogP contribution is -2.63. The smallest absolute Gasteiger partial charge is 0.355 e. The van der Waals surface area contributed by atoms with Gasteiger partial charge in [-0.1, -0.05) is 61.9 Å². The number of carboxylic acid groups (broad SMARTS) is 1. The van der Waals surface area contributed by atoms with Gasteiger partial charge in [0.1, 0.15) is 11.4 Å². The van der Waals surface area contributed by atoms with Gasteiger partial charge in [0.25, 0.3) is 5.91 Å². The van der Waals surface area contributed by atoms with Crippen LogP contribution in [-0.4, -0.2) is 69.8 Å². The molecule has 4 bridgehead atoms. The van der Waals surface area contributed by atoms with E-state index in [9.17, 15) is 19.6 Å². The lowest BCUT2D eigenvalue weighted by atomic mass is 9.38. The van der Waals surface area contributed by atoms with Crippen LogP contribution in [0.3, 0.4) is 0 Å². The number of anilines is 2. The van der Waals surface area contributed by atoms with Gasteiger partial charge in [0, 0.05) is 54.0 Å². The van der Waals surface area contributed by atoms with Crippen molar-refractivity contribution in [3.63, 3.8) is 0 Å². The van der Waals surface area contributed by atoms with E-state index < -0.39 is 11.5 Å². The van der Waals surface area contributed by atoms with Crippen molar-refractivity contribution in [3.05, 3.63) is 81.8 Å². The van der Waals surface area contributed by atoms with Crippen molar-refractivity contribution in [2.45, 2.75) is 91.5 Å². The minimum Gasteiger partial charge on any atom is -0.476 e. The van der Waals surface area contributed by atoms with Crippen molar-refractivity contribution in [1.82, 2.24) is 20.2 Å². The number of rotatable bonds is 13. The molecule has 0 spiro atoms. The molecule has 12 nitrogen and oxygen atoms in total. The number of pyridine rings is 1. The first kappa shape index (κ1) is 38.4. The summed E-state index contributed by atoms with van der Waals surface area (Å²) in [6.45, 7) is 12.5. The van der Waals surface area contributed by atoms with Crippen LogP contribution in [0.25, 0.3) is 15.8 Å². The standard InChI is InChI=1S/C42H52N8O4S/c1-6-7-10-15-49-16-17-50(19-32(49)27(2)36(51)47-38-45-31-11-8-9-12-33(31)55-38)34-14-13-29(35(46-34)37(52)53)30(18-43)28(3)44-26-41-21-39(4)20-40(5,22-41)24-42(23-39,25-41)48-54/h8-15,18,43-44H,6-7,16-17,19-26H2,1-5H3,(H,52,53)(H,45,47,51)/b15-10-,30-28+,32-27+,43-18?. The second-order valence-corrected chi connectivity index (χ2v) is 18.2. The Hall–Kier alpha value is -4.91. The zero-order valence-electron chi connectivity index (χ0n) is 32.5. The normalized spacial score (nSPS) is 28.7. The van der Waals surface area contributed by atoms with E-state index in [0.29, 0.717) is 59.5 Å². The summed E-state index contributed by atoms with van der Waals surface area (Å²) in [4.78, 5) is 52.0. The molecule has 290 valence electrons. The van der Waals surface area contributed by atoms with Gasteiger partial charge in [-0.25, -0.2) is 14.8 Å². The van der Waals surface area contributed by atoms with Crippen LogP contribution in [0.1, 0.15) is 102 Å². The van der Waals surface area contributed by atoms with Crippen LogP contribution < -0.4 is 15.5 Å². The number of fused-ring (bicyclic) bond motifs is 1. The van der Waals surface area contributed by atoms with Gasteiger partial charge in [0.05, 0.1) is 16.8 Å². The van der Waals surface area contributed by atoms with E-state index in [1.165, 1.54) is 17.6 Å². The fraction of sp³-hybridized carbons (Fsp3) is 0.500. The van der Waals surface area contributed by atoms with Gasteiger partial charge in [-0.2, -0.15) is 4.91 Å². The van der Waals surface area contributed by atoms with Crippen molar-refractivity contribution in [2.75, 3.05) is 36.4 Å². The topological polar surface area (TPSA) is 164 Å². The second-order valence-electron chi connectivity index (χ2n) is 17.2. The molecule has 2 atom stereocenters. The molecular formula is C42H52N8O4S. The molecule has 8 rings (SSSR count). The zero-order chi connectivity index (χ0) is 39.2. The number of carbonyl (C=O) groups is 2. The molecule has 4 N–H and O–H groups in total. The number of nitrogens with one attached hydrogen (secondary N) is 3. The zero-order valence-corrected chi connectivity index (χ0v) is 33.3. The maximum atomic E-state index is 13.6. The molecule has 4 saturated carbocycles. The van der Waals surface area contributed by atoms with E-state index >= 15 is 0 Å². The van der Waals surface area contributed by atoms with Gasteiger partial charge in [-0.3, -0.25) is 10.1 Å². The number of aromatic carboxylic acids is 1. The number of benzene rings is 1. The summed E-state index contributed by atoms with van der Waals surface area (Å²) in [5.74, 6) is -0.961. The van der Waals surface area contributed by atoms with Crippen LogP contribution in [0.4, 0.5) is 10.9 Å². The molecular weight excluding hydrogens is 713 g/mol. The van der Waals surface area contributed by atoms with Crippen molar-refractivity contribution in [3.8, 4) is 0 Å². The molecule has 1 saturated heterocycles. The monoisotopic (exact) mass is 764 g/mol. The number of hydrogen-bond acceptors (Lipinski definition) is 11. The lowest BCUT2D eigenvalue weighted by molar-refractivity contribution is -0.152. The summed E-state index contributed by atoms with van der Waals surface area (Å²) < 4.78 is 0.989. The molecule has 0 radical (unpaired) electrons. The Labute approximate surface area is 326 Å². The molecule has 5 aliphatic rings. The third kappa shape index (κ3) is 7.55. The van der Waals surface area contributed by atoms with Crippen LogP contribution >= 0.6 is 11.3 Å². The number of aromatic nitrogens is 2. The number of nitrogens with zero attached hydrogens (tertiary/aromatic N) is 5. The molecule has 2 aromatic heterocycles. The van der Waals surface area contributed by atoms with Crippen molar-refractivity contribution in [1.29, 1.82) is 5.41 Å². The molecule has 1 amide bonds. The molecule has 3 heterocycles. The Morgan fingerprint density at radius 3 is 2.44 bits per heavy atom. The van der Waals surface area contributed by atoms with Crippen molar-refractivity contribution >= 4 is 56.2 Å². The number of thiazole rings is 1. The first-order chi connectivity index (χ1) is 26.2. The molecule has 5 fully saturated rings. The van der Waals surface area contributed by atoms with Crippen LogP contribution in [0.2, 0.25) is 0 Å². The summed E-state index contributed by atoms with van der Waals surface area (Å²) in [5, 5.41) is 29.7. The Kier molecular flexibility index (Phi) is 10.2. The molecule has 1 aliphatic heterocycles. The van der Waals surface area contributed by atoms with E-state index in [4.69, 9.17) is 5.41 Å². The summed E-state index contributed by atoms with van der Waals surface area (Å²) in [6, 6.07) is 11.3. The average molecular weight is 765 g/mol. The Balaban J connectivity index is 1.14. The van der Waals surface area contributed by atoms with Gasteiger partial charge in [-0.05, 0) is 106 Å². The quantitative estimate of drug-likeness (QED) is 0.0758. The fourth-order valence-electron chi connectivity index (χ4n) is 11.0. The molecule has 13 heteroatoms. The molecule has 1 aromatic carbocycles. The largest absolute Gasteiger partial charge is 0.476 e. The van der Waals surface area contributed by atoms with Gasteiger partial charge < -0.3 is 25.6 Å². The predicted octanol–water partition coefficient (Wildman–Crippen LogP) is 8.59. The highest BCUT2D eigenvalue weighted by atomic mass is 32.1. The van der Waals surface area contributed by atoms with Crippen LogP contribution in [-0.2, 0) is 4.79 Å². The highest BCUT2D eigenvalue weighted by Crippen LogP contribution is 2.71. The van der Waals surface area contributed by atoms with E-state index in [1.54, 1.807) is 19.1 Å². The molecule has 55 heavy (non-hydrogen) atoms. The average Bonchev–Trinajstić information content (AvgIpc) is 3.55. The number of piperazine rings is 1. The number of carbonyl (C=O) groups excluding carboxylic acids is 1. The van der Waals surface area contributed by atoms with E-state index in [2.05, 4.69) is 57.5 Å². The number of hydrogen-bond donors (Lipinski definition) is 4. The molecule has 3 aromatic rings. The van der Waals surface area contributed by atoms with Crippen molar-refractivity contribution < 1.29 is 14.7 Å². The summed E-state index contributed by atoms with van der Waals surface area (Å²) in [6.07, 6.45) is 12.8. The Morgan fingerprint density at radius 1 is 1.02 bits per heavy atom. The number of allylic oxidation sites excluding steroid dienone is 3. The minimum atomic E-state index is -1.19. The highest BCUT2D eigenvalue weighted by molar-refractivity contribution is 7.22. The van der Waals surface area contributed by atoms with E-state index in [0.717, 1.165) is 67.3 Å². The van der Waals surface area contributed by atoms with Crippen molar-refractivity contribution in [2.24, 2.45) is 21.4 Å². The van der Waals surface area contributed by atoms with E-state index in [-0.39, 0.29) is 27.8 Å². The number of amides is 1. The van der Waals surface area contributed by atoms with Gasteiger partial charge >= 0.3 is 5.97 Å². The summed E-state index contributed by atoms with van der Waals surface area (Å²) in [7, 11) is 0.